The minimum absolute atomic E-state index is 0.254. The Morgan fingerprint density at radius 3 is 2.93 bits per heavy atom. The molecule has 0 amide bonds. The number of allylic oxidation sites excluding steroid dienone is 2. The molecule has 0 bridgehead atoms. The third-order valence-electron chi connectivity index (χ3n) is 2.65. The summed E-state index contributed by atoms with van der Waals surface area (Å²) in [4.78, 5) is 11.7. The van der Waals surface area contributed by atoms with Crippen molar-refractivity contribution < 1.29 is 9.53 Å². The van der Waals surface area contributed by atoms with Crippen LogP contribution in [0.1, 0.15) is 20.8 Å². The molecule has 0 spiro atoms. The van der Waals surface area contributed by atoms with Crippen LogP contribution in [0.25, 0.3) is 0 Å². The van der Waals surface area contributed by atoms with E-state index in [9.17, 15) is 4.79 Å². The third kappa shape index (κ3) is 1.73. The molecule has 78 valence electrons. The van der Waals surface area contributed by atoms with Crippen molar-refractivity contribution in [2.24, 2.45) is 11.1 Å². The highest BCUT2D eigenvalue weighted by molar-refractivity contribution is 5.81. The van der Waals surface area contributed by atoms with Gasteiger partial charge in [0.05, 0.1) is 6.61 Å². The highest BCUT2D eigenvalue weighted by Gasteiger charge is 2.40. The van der Waals surface area contributed by atoms with Crippen molar-refractivity contribution in [3.05, 3.63) is 23.8 Å². The number of nitrogens with two attached hydrogens (primary N) is 1. The summed E-state index contributed by atoms with van der Waals surface area (Å²) in [5.41, 5.74) is 6.26. The molecule has 0 fully saturated rings. The van der Waals surface area contributed by atoms with Crippen LogP contribution in [0.3, 0.4) is 0 Å². The zero-order valence-electron chi connectivity index (χ0n) is 8.91. The summed E-state index contributed by atoms with van der Waals surface area (Å²) >= 11 is 0. The standard InChI is InChI=1S/C11H17NO2/c1-4-14-10(13)11(3)7-5-6-8(2)9(11)12/h5-7,9H,4,12H2,1-3H3. The van der Waals surface area contributed by atoms with Gasteiger partial charge in [0.2, 0.25) is 0 Å². The number of carbonyl (C=O) groups excluding carboxylic acids is 1. The second-order valence-corrected chi connectivity index (χ2v) is 3.75. The van der Waals surface area contributed by atoms with Gasteiger partial charge in [-0.05, 0) is 20.8 Å². The van der Waals surface area contributed by atoms with Crippen LogP contribution in [-0.4, -0.2) is 18.6 Å². The fourth-order valence-electron chi connectivity index (χ4n) is 1.56. The van der Waals surface area contributed by atoms with Crippen molar-refractivity contribution in [1.82, 2.24) is 0 Å². The van der Waals surface area contributed by atoms with Crippen LogP contribution in [0.15, 0.2) is 23.8 Å². The minimum Gasteiger partial charge on any atom is -0.465 e. The summed E-state index contributed by atoms with van der Waals surface area (Å²) in [5, 5.41) is 0. The maximum atomic E-state index is 11.7. The molecule has 2 N–H and O–H groups in total. The molecule has 0 radical (unpaired) electrons. The first kappa shape index (κ1) is 11.0. The van der Waals surface area contributed by atoms with Crippen molar-refractivity contribution in [1.29, 1.82) is 0 Å². The van der Waals surface area contributed by atoms with E-state index in [-0.39, 0.29) is 12.0 Å². The maximum absolute atomic E-state index is 11.7. The average Bonchev–Trinajstić information content (AvgIpc) is 2.14. The Hall–Kier alpha value is -1.09. The summed E-state index contributed by atoms with van der Waals surface area (Å²) in [6.45, 7) is 5.91. The van der Waals surface area contributed by atoms with Crippen LogP contribution < -0.4 is 5.73 Å². The van der Waals surface area contributed by atoms with Gasteiger partial charge in [0.1, 0.15) is 5.41 Å². The van der Waals surface area contributed by atoms with Crippen molar-refractivity contribution in [2.75, 3.05) is 6.61 Å². The zero-order chi connectivity index (χ0) is 10.8. The highest BCUT2D eigenvalue weighted by atomic mass is 16.5. The predicted octanol–water partition coefficient (Wildman–Crippen LogP) is 1.40. The number of carbonyl (C=O) groups is 1. The second kappa shape index (κ2) is 3.96. The van der Waals surface area contributed by atoms with E-state index in [0.29, 0.717) is 6.61 Å². The molecular weight excluding hydrogens is 178 g/mol. The first-order valence-corrected chi connectivity index (χ1v) is 4.81. The number of hydrogen-bond acceptors (Lipinski definition) is 3. The second-order valence-electron chi connectivity index (χ2n) is 3.75. The molecular formula is C11H17NO2. The van der Waals surface area contributed by atoms with Gasteiger partial charge in [0, 0.05) is 6.04 Å². The average molecular weight is 195 g/mol. The summed E-state index contributed by atoms with van der Waals surface area (Å²) < 4.78 is 5.01. The fraction of sp³-hybridized carbons (Fsp3) is 0.545. The van der Waals surface area contributed by atoms with E-state index >= 15 is 0 Å². The first-order valence-electron chi connectivity index (χ1n) is 4.81. The summed E-state index contributed by atoms with van der Waals surface area (Å²) in [6.07, 6.45) is 5.59. The Labute approximate surface area is 84.6 Å². The van der Waals surface area contributed by atoms with E-state index in [1.807, 2.05) is 32.1 Å². The van der Waals surface area contributed by atoms with Crippen LogP contribution >= 0.6 is 0 Å². The molecule has 2 unspecified atom stereocenters. The fourth-order valence-corrected chi connectivity index (χ4v) is 1.56. The quantitative estimate of drug-likeness (QED) is 0.677. The molecule has 0 saturated carbocycles. The SMILES string of the molecule is CCOC(=O)C1(C)C=CC=C(C)C1N. The Morgan fingerprint density at radius 2 is 2.36 bits per heavy atom. The molecule has 3 heteroatoms. The van der Waals surface area contributed by atoms with E-state index in [1.165, 1.54) is 0 Å². The summed E-state index contributed by atoms with van der Waals surface area (Å²) in [5.74, 6) is -0.254. The maximum Gasteiger partial charge on any atom is 0.317 e. The smallest absolute Gasteiger partial charge is 0.317 e. The van der Waals surface area contributed by atoms with Gasteiger partial charge in [-0.25, -0.2) is 0 Å². The monoisotopic (exact) mass is 195 g/mol. The van der Waals surface area contributed by atoms with Gasteiger partial charge in [-0.1, -0.05) is 23.8 Å². The molecule has 1 aliphatic carbocycles. The van der Waals surface area contributed by atoms with Gasteiger partial charge in [-0.15, -0.1) is 0 Å². The van der Waals surface area contributed by atoms with Gasteiger partial charge in [-0.2, -0.15) is 0 Å². The van der Waals surface area contributed by atoms with E-state index in [1.54, 1.807) is 6.92 Å². The minimum atomic E-state index is -0.713. The topological polar surface area (TPSA) is 52.3 Å². The predicted molar refractivity (Wildman–Crippen MR) is 55.6 cm³/mol. The number of esters is 1. The molecule has 14 heavy (non-hydrogen) atoms. The van der Waals surface area contributed by atoms with Gasteiger partial charge >= 0.3 is 5.97 Å². The van der Waals surface area contributed by atoms with Crippen LogP contribution in [0, 0.1) is 5.41 Å². The van der Waals surface area contributed by atoms with Crippen LogP contribution in [0.2, 0.25) is 0 Å². The lowest BCUT2D eigenvalue weighted by atomic mass is 9.76. The van der Waals surface area contributed by atoms with Crippen LogP contribution in [0.4, 0.5) is 0 Å². The van der Waals surface area contributed by atoms with E-state index in [0.717, 1.165) is 5.57 Å². The van der Waals surface area contributed by atoms with Crippen LogP contribution in [-0.2, 0) is 9.53 Å². The molecule has 0 aromatic carbocycles. The largest absolute Gasteiger partial charge is 0.465 e. The molecule has 0 aromatic rings. The molecule has 0 aliphatic heterocycles. The summed E-state index contributed by atoms with van der Waals surface area (Å²) in [6, 6.07) is -0.286. The molecule has 0 heterocycles. The van der Waals surface area contributed by atoms with Gasteiger partial charge in [-0.3, -0.25) is 4.79 Å². The Morgan fingerprint density at radius 1 is 1.71 bits per heavy atom. The molecule has 0 aromatic heterocycles. The number of rotatable bonds is 2. The normalized spacial score (nSPS) is 31.1. The lowest BCUT2D eigenvalue weighted by Gasteiger charge is -2.32. The molecule has 2 atom stereocenters. The van der Waals surface area contributed by atoms with Crippen LogP contribution in [0.5, 0.6) is 0 Å². The van der Waals surface area contributed by atoms with Crippen molar-refractivity contribution >= 4 is 5.97 Å². The lowest BCUT2D eigenvalue weighted by molar-refractivity contribution is -0.152. The van der Waals surface area contributed by atoms with E-state index in [2.05, 4.69) is 0 Å². The zero-order valence-corrected chi connectivity index (χ0v) is 8.91. The van der Waals surface area contributed by atoms with Crippen molar-refractivity contribution in [2.45, 2.75) is 26.8 Å². The highest BCUT2D eigenvalue weighted by Crippen LogP contribution is 2.31. The van der Waals surface area contributed by atoms with Crippen molar-refractivity contribution in [3.8, 4) is 0 Å². The van der Waals surface area contributed by atoms with Crippen molar-refractivity contribution in [3.63, 3.8) is 0 Å². The Bertz CT molecular complexity index is 294. The number of ether oxygens (including phenoxy) is 1. The molecule has 1 aliphatic rings. The molecule has 3 nitrogen and oxygen atoms in total. The van der Waals surface area contributed by atoms with E-state index < -0.39 is 5.41 Å². The van der Waals surface area contributed by atoms with Gasteiger partial charge in [0.25, 0.3) is 0 Å². The van der Waals surface area contributed by atoms with Gasteiger partial charge in [0.15, 0.2) is 0 Å². The summed E-state index contributed by atoms with van der Waals surface area (Å²) in [7, 11) is 0. The Kier molecular flexibility index (Phi) is 3.11. The number of hydrogen-bond donors (Lipinski definition) is 1. The van der Waals surface area contributed by atoms with Gasteiger partial charge < -0.3 is 10.5 Å². The first-order chi connectivity index (χ1) is 6.52. The van der Waals surface area contributed by atoms with E-state index in [4.69, 9.17) is 10.5 Å². The molecule has 1 rings (SSSR count). The Balaban J connectivity index is 2.90. The lowest BCUT2D eigenvalue weighted by Crippen LogP contribution is -2.46. The molecule has 0 saturated heterocycles. The third-order valence-corrected chi connectivity index (χ3v) is 2.65.